The maximum absolute atomic E-state index is 6.66. The molecule has 8 heteroatoms. The van der Waals surface area contributed by atoms with Crippen LogP contribution in [0.2, 0.25) is 0 Å². The summed E-state index contributed by atoms with van der Waals surface area (Å²) in [5.74, 6) is 3.54. The second kappa shape index (κ2) is 13.2. The Hall–Kier alpha value is -7.42. The summed E-state index contributed by atoms with van der Waals surface area (Å²) in [4.78, 5) is 30.2. The maximum Gasteiger partial charge on any atom is 0.167 e. The van der Waals surface area contributed by atoms with Crippen molar-refractivity contribution in [2.24, 2.45) is 0 Å². The first kappa shape index (κ1) is 32.0. The summed E-state index contributed by atoms with van der Waals surface area (Å²) in [7, 11) is 0. The Kier molecular flexibility index (Phi) is 7.53. The average molecular weight is 737 g/mol. The number of rotatable bonds is 6. The van der Waals surface area contributed by atoms with Crippen LogP contribution in [0.15, 0.2) is 174 Å². The normalized spacial score (nSPS) is 11.6. The first-order chi connectivity index (χ1) is 27.7. The molecule has 0 aliphatic carbocycles. The number of fused-ring (bicyclic) bond motifs is 6. The van der Waals surface area contributed by atoms with Crippen molar-refractivity contribution in [1.82, 2.24) is 29.9 Å². The molecule has 0 saturated carbocycles. The molecule has 4 heterocycles. The number of nitrogens with zero attached hydrogens (tertiary/aromatic N) is 6. The van der Waals surface area contributed by atoms with Gasteiger partial charge in [0.25, 0.3) is 0 Å². The van der Waals surface area contributed by atoms with Crippen molar-refractivity contribution in [1.29, 1.82) is 0 Å². The monoisotopic (exact) mass is 736 g/mol. The molecule has 0 N–H and O–H groups in total. The number of hydrogen-bond acceptors (Lipinski definition) is 8. The van der Waals surface area contributed by atoms with Gasteiger partial charge in [0.2, 0.25) is 0 Å². The predicted molar refractivity (Wildman–Crippen MR) is 226 cm³/mol. The highest BCUT2D eigenvalue weighted by Crippen LogP contribution is 2.41. The molecular weight excluding hydrogens is 709 g/mol. The first-order valence-corrected chi connectivity index (χ1v) is 19.1. The summed E-state index contributed by atoms with van der Waals surface area (Å²) in [6.45, 7) is 0. The van der Waals surface area contributed by atoms with E-state index in [1.54, 1.807) is 11.3 Å². The standard InChI is InChI=1S/C48H28N6OS/c1-4-14-29(15-5-1)43-49-44(30-16-6-2-7-17-30)51-46(50-43)32-26-27-39-38(28-32)34-21-12-23-36(41(34)55-39)47-52-45(31-18-8-3-9-19-31)53-48(54-47)37-24-13-22-35-33-20-10-11-25-40(33)56-42(35)37/h1-28H. The van der Waals surface area contributed by atoms with Crippen LogP contribution >= 0.6 is 11.3 Å². The average Bonchev–Trinajstić information content (AvgIpc) is 3.85. The van der Waals surface area contributed by atoms with E-state index >= 15 is 0 Å². The van der Waals surface area contributed by atoms with Crippen molar-refractivity contribution < 1.29 is 4.42 Å². The number of thiophene rings is 1. The minimum absolute atomic E-state index is 0.536. The first-order valence-electron chi connectivity index (χ1n) is 18.3. The van der Waals surface area contributed by atoms with E-state index in [0.717, 1.165) is 54.4 Å². The topological polar surface area (TPSA) is 90.5 Å². The third-order valence-electron chi connectivity index (χ3n) is 10.0. The quantitative estimate of drug-likeness (QED) is 0.168. The predicted octanol–water partition coefficient (Wildman–Crippen LogP) is 12.3. The Balaban J connectivity index is 1.08. The fraction of sp³-hybridized carbons (Fsp3) is 0. The van der Waals surface area contributed by atoms with Crippen molar-refractivity contribution >= 4 is 53.4 Å². The molecule has 0 amide bonds. The lowest BCUT2D eigenvalue weighted by Crippen LogP contribution is -2.00. The molecule has 4 aromatic heterocycles. The van der Waals surface area contributed by atoms with Crippen molar-refractivity contribution in [3.63, 3.8) is 0 Å². The van der Waals surface area contributed by atoms with Gasteiger partial charge in [-0.25, -0.2) is 29.9 Å². The Morgan fingerprint density at radius 1 is 0.339 bits per heavy atom. The van der Waals surface area contributed by atoms with Crippen LogP contribution in [-0.4, -0.2) is 29.9 Å². The molecule has 11 rings (SSSR count). The summed E-state index contributed by atoms with van der Waals surface area (Å²) < 4.78 is 9.03. The minimum atomic E-state index is 0.536. The van der Waals surface area contributed by atoms with Crippen LogP contribution in [-0.2, 0) is 0 Å². The number of hydrogen-bond donors (Lipinski definition) is 0. The van der Waals surface area contributed by atoms with Crippen LogP contribution in [0.4, 0.5) is 0 Å². The highest BCUT2D eigenvalue weighted by Gasteiger charge is 2.21. The molecule has 0 saturated heterocycles. The van der Waals surface area contributed by atoms with Gasteiger partial charge < -0.3 is 4.42 Å². The van der Waals surface area contributed by atoms with Gasteiger partial charge >= 0.3 is 0 Å². The van der Waals surface area contributed by atoms with Gasteiger partial charge in [0.1, 0.15) is 11.2 Å². The van der Waals surface area contributed by atoms with Crippen molar-refractivity contribution in [2.75, 3.05) is 0 Å². The summed E-state index contributed by atoms with van der Waals surface area (Å²) in [6, 6.07) is 57.1. The Morgan fingerprint density at radius 2 is 0.821 bits per heavy atom. The Bertz CT molecular complexity index is 3200. The second-order valence-corrected chi connectivity index (χ2v) is 14.5. The molecule has 0 bridgehead atoms. The smallest absolute Gasteiger partial charge is 0.167 e. The fourth-order valence-corrected chi connectivity index (χ4v) is 8.52. The van der Waals surface area contributed by atoms with E-state index in [2.05, 4.69) is 54.6 Å². The third-order valence-corrected chi connectivity index (χ3v) is 11.2. The van der Waals surface area contributed by atoms with Crippen molar-refractivity contribution in [3.05, 3.63) is 170 Å². The van der Waals surface area contributed by atoms with E-state index in [0.29, 0.717) is 40.5 Å². The van der Waals surface area contributed by atoms with E-state index < -0.39 is 0 Å². The molecule has 0 spiro atoms. The Labute approximate surface area is 324 Å². The van der Waals surface area contributed by atoms with Gasteiger partial charge in [0.15, 0.2) is 34.9 Å². The van der Waals surface area contributed by atoms with E-state index in [-0.39, 0.29) is 0 Å². The summed E-state index contributed by atoms with van der Waals surface area (Å²) in [6.07, 6.45) is 0. The molecule has 0 fully saturated rings. The second-order valence-electron chi connectivity index (χ2n) is 13.5. The van der Waals surface area contributed by atoms with Crippen LogP contribution in [0.25, 0.3) is 110 Å². The maximum atomic E-state index is 6.66. The van der Waals surface area contributed by atoms with Crippen LogP contribution in [0.5, 0.6) is 0 Å². The number of furan rings is 1. The van der Waals surface area contributed by atoms with Gasteiger partial charge in [0, 0.05) is 58.8 Å². The van der Waals surface area contributed by atoms with Gasteiger partial charge in [-0.1, -0.05) is 133 Å². The van der Waals surface area contributed by atoms with Gasteiger partial charge in [-0.05, 0) is 36.4 Å². The lowest BCUT2D eigenvalue weighted by molar-refractivity contribution is 0.669. The summed E-state index contributed by atoms with van der Waals surface area (Å²) in [5.41, 5.74) is 6.78. The Morgan fingerprint density at radius 3 is 1.46 bits per heavy atom. The van der Waals surface area contributed by atoms with Crippen LogP contribution in [0, 0.1) is 0 Å². The minimum Gasteiger partial charge on any atom is -0.455 e. The van der Waals surface area contributed by atoms with Gasteiger partial charge in [-0.15, -0.1) is 11.3 Å². The molecule has 7 aromatic carbocycles. The molecular formula is C48H28N6OS. The number of aromatic nitrogens is 6. The molecule has 262 valence electrons. The number of para-hydroxylation sites is 1. The van der Waals surface area contributed by atoms with E-state index in [4.69, 9.17) is 34.3 Å². The van der Waals surface area contributed by atoms with Gasteiger partial charge in [-0.3, -0.25) is 0 Å². The SMILES string of the molecule is c1ccc(-c2nc(-c3ccccc3)nc(-c3ccc4oc5c(-c6nc(-c7ccccc7)nc(-c7cccc8c7sc7ccccc78)n6)cccc5c4c3)n2)cc1. The summed E-state index contributed by atoms with van der Waals surface area (Å²) >= 11 is 1.76. The zero-order valence-electron chi connectivity index (χ0n) is 29.7. The van der Waals surface area contributed by atoms with Crippen LogP contribution in [0.3, 0.4) is 0 Å². The highest BCUT2D eigenvalue weighted by atomic mass is 32.1. The molecule has 0 aliphatic heterocycles. The van der Waals surface area contributed by atoms with Gasteiger partial charge in [-0.2, -0.15) is 0 Å². The fourth-order valence-electron chi connectivity index (χ4n) is 7.31. The molecule has 11 aromatic rings. The molecule has 0 aliphatic rings. The van der Waals surface area contributed by atoms with Crippen LogP contribution in [0.1, 0.15) is 0 Å². The van der Waals surface area contributed by atoms with Crippen molar-refractivity contribution in [2.45, 2.75) is 0 Å². The van der Waals surface area contributed by atoms with E-state index in [1.807, 2.05) is 115 Å². The van der Waals surface area contributed by atoms with Gasteiger partial charge in [0.05, 0.1) is 5.56 Å². The van der Waals surface area contributed by atoms with Crippen molar-refractivity contribution in [3.8, 4) is 68.3 Å². The largest absolute Gasteiger partial charge is 0.455 e. The zero-order valence-corrected chi connectivity index (χ0v) is 30.5. The summed E-state index contributed by atoms with van der Waals surface area (Å²) in [5, 5.41) is 4.29. The van der Waals surface area contributed by atoms with E-state index in [1.165, 1.54) is 15.5 Å². The lowest BCUT2D eigenvalue weighted by Gasteiger charge is -2.09. The van der Waals surface area contributed by atoms with E-state index in [9.17, 15) is 0 Å². The molecule has 56 heavy (non-hydrogen) atoms. The molecule has 0 atom stereocenters. The molecule has 0 radical (unpaired) electrons. The zero-order chi connectivity index (χ0) is 37.0. The number of benzene rings is 7. The molecule has 0 unspecified atom stereocenters. The van der Waals surface area contributed by atoms with Crippen LogP contribution < -0.4 is 0 Å². The molecule has 7 nitrogen and oxygen atoms in total. The highest BCUT2D eigenvalue weighted by molar-refractivity contribution is 7.26. The lowest BCUT2D eigenvalue weighted by atomic mass is 10.1. The third kappa shape index (κ3) is 5.51.